The molecule has 0 unspecified atom stereocenters. The van der Waals surface area contributed by atoms with E-state index in [0.717, 1.165) is 0 Å². The van der Waals surface area contributed by atoms with Crippen molar-refractivity contribution in [2.24, 2.45) is 0 Å². The Kier molecular flexibility index (Phi) is 9.54. The van der Waals surface area contributed by atoms with Gasteiger partial charge in [-0.05, 0) is 12.1 Å². The van der Waals surface area contributed by atoms with Gasteiger partial charge in [0.2, 0.25) is 0 Å². The number of hydrogen-bond acceptors (Lipinski definition) is 9. The summed E-state index contributed by atoms with van der Waals surface area (Å²) < 4.78 is 212. The first-order valence-electron chi connectivity index (χ1n) is 6.93. The quantitative estimate of drug-likeness (QED) is 0.162. The van der Waals surface area contributed by atoms with Gasteiger partial charge >= 0.3 is 48.9 Å². The fraction of sp³-hybridized carbons (Fsp3) is 0.400. The molecule has 35 heavy (non-hydrogen) atoms. The molecule has 0 aromatic heterocycles. The van der Waals surface area contributed by atoms with Crippen LogP contribution in [0.1, 0.15) is 0 Å². The van der Waals surface area contributed by atoms with Crippen LogP contribution in [0.4, 0.5) is 35.1 Å². The van der Waals surface area contributed by atoms with Crippen molar-refractivity contribution >= 4 is 72.7 Å². The summed E-state index contributed by atoms with van der Waals surface area (Å²) in [4.78, 5) is -6.07. The van der Waals surface area contributed by atoms with Gasteiger partial charge in [0, 0.05) is 10.7 Å². The van der Waals surface area contributed by atoms with Crippen molar-refractivity contribution < 1.29 is 92.2 Å². The summed E-state index contributed by atoms with van der Waals surface area (Å²) in [7, 11) is -25.7. The molecule has 0 radical (unpaired) electrons. The third kappa shape index (κ3) is 5.02. The first kappa shape index (κ1) is 34.9. The molecule has 0 N–H and O–H groups in total. The van der Waals surface area contributed by atoms with Gasteiger partial charge in [0.15, 0.2) is 10.1 Å². The first-order chi connectivity index (χ1) is 14.5. The van der Waals surface area contributed by atoms with Gasteiger partial charge in [-0.15, -0.1) is 0 Å². The predicted octanol–water partition coefficient (Wildman–Crippen LogP) is 0.0298. The normalized spacial score (nSPS) is 15.0. The van der Waals surface area contributed by atoms with Crippen LogP contribution in [0, 0.1) is 0 Å². The van der Waals surface area contributed by atoms with E-state index in [1.807, 2.05) is 0 Å². The summed E-state index contributed by atoms with van der Waals surface area (Å²) in [5.41, 5.74) is 0. The molecule has 1 rings (SSSR count). The van der Waals surface area contributed by atoms with Gasteiger partial charge in [-0.3, -0.25) is 0 Å². The summed E-state index contributed by atoms with van der Waals surface area (Å²) in [5.74, 6) is 0. The van der Waals surface area contributed by atoms with E-state index in [0.29, 0.717) is 0 Å². The summed E-state index contributed by atoms with van der Waals surface area (Å²) in [6.07, 6.45) is 0. The van der Waals surface area contributed by atoms with Crippen molar-refractivity contribution in [2.75, 3.05) is 0 Å². The minimum Gasteiger partial charge on any atom is -0.743 e. The van der Waals surface area contributed by atoms with E-state index in [1.165, 1.54) is 0 Å². The zero-order chi connectivity index (χ0) is 27.7. The smallest absolute Gasteiger partial charge is 0.743 e. The van der Waals surface area contributed by atoms with Crippen molar-refractivity contribution in [3.05, 3.63) is 22.2 Å². The first-order valence-corrected chi connectivity index (χ1v) is 14.4. The van der Waals surface area contributed by atoms with Gasteiger partial charge in [0.05, 0.1) is 14.9 Å². The number of sulfone groups is 2. The Hall–Kier alpha value is -0.113. The van der Waals surface area contributed by atoms with Crippen molar-refractivity contribution in [3.8, 4) is 0 Å². The van der Waals surface area contributed by atoms with E-state index in [-0.39, 0.29) is 24.9 Å². The molecule has 1 aromatic rings. The minimum absolute atomic E-state index is 0. The topological polar surface area (TPSA) is 160 Å². The SMILES string of the molecule is O=S(=O)([O-])C(F)(F)C(F)(F)S(=O)(=O)c1ccc(Cl)c(Cl)c1S(=O)(=O)C(F)(F)C(F)(F)S(=O)(=O)Cl.[Li+]. The number of rotatable bonds is 8. The summed E-state index contributed by atoms with van der Waals surface area (Å²) in [5, 5.41) is -31.6. The number of hydrogen-bond donors (Lipinski definition) is 0. The van der Waals surface area contributed by atoms with E-state index in [1.54, 1.807) is 0 Å². The molecular formula is C10H2Cl3F8LiO9S4. The largest absolute Gasteiger partial charge is 1.00 e. The van der Waals surface area contributed by atoms with Crippen LogP contribution in [0.3, 0.4) is 0 Å². The van der Waals surface area contributed by atoms with Crippen molar-refractivity contribution in [1.82, 2.24) is 0 Å². The molecule has 0 heterocycles. The predicted molar refractivity (Wildman–Crippen MR) is 95.1 cm³/mol. The Morgan fingerprint density at radius 3 is 1.37 bits per heavy atom. The molecule has 0 aliphatic heterocycles. The van der Waals surface area contributed by atoms with Crippen molar-refractivity contribution in [3.63, 3.8) is 0 Å². The Morgan fingerprint density at radius 1 is 0.657 bits per heavy atom. The Morgan fingerprint density at radius 2 is 1.03 bits per heavy atom. The van der Waals surface area contributed by atoms with Gasteiger partial charge in [-0.25, -0.2) is 33.7 Å². The van der Waals surface area contributed by atoms with Crippen molar-refractivity contribution in [1.29, 1.82) is 0 Å². The fourth-order valence-corrected chi connectivity index (χ4v) is 7.97. The molecule has 1 aromatic carbocycles. The van der Waals surface area contributed by atoms with Crippen LogP contribution >= 0.6 is 33.9 Å². The Labute approximate surface area is 216 Å². The summed E-state index contributed by atoms with van der Waals surface area (Å²) >= 11 is 10.4. The van der Waals surface area contributed by atoms with Crippen LogP contribution in [-0.2, 0) is 38.8 Å². The maximum absolute atomic E-state index is 14.2. The van der Waals surface area contributed by atoms with E-state index < -0.39 is 85.8 Å². The third-order valence-electron chi connectivity index (χ3n) is 3.54. The molecule has 0 spiro atoms. The number of alkyl halides is 8. The summed E-state index contributed by atoms with van der Waals surface area (Å²) in [6, 6.07) is -0.606. The van der Waals surface area contributed by atoms with E-state index in [9.17, 15) is 73.3 Å². The monoisotopic (exact) mass is 658 g/mol. The molecule has 0 saturated heterocycles. The molecule has 9 nitrogen and oxygen atoms in total. The second-order valence-electron chi connectivity index (χ2n) is 5.65. The minimum atomic E-state index is -7.64. The van der Waals surface area contributed by atoms with Crippen LogP contribution in [0.5, 0.6) is 0 Å². The van der Waals surface area contributed by atoms with E-state index in [2.05, 4.69) is 10.7 Å². The fourth-order valence-electron chi connectivity index (χ4n) is 1.84. The molecule has 0 atom stereocenters. The van der Waals surface area contributed by atoms with Crippen LogP contribution in [0.2, 0.25) is 10.0 Å². The van der Waals surface area contributed by atoms with Crippen LogP contribution in [-0.4, -0.2) is 59.2 Å². The third-order valence-corrected chi connectivity index (χ3v) is 10.9. The van der Waals surface area contributed by atoms with Crippen molar-refractivity contribution in [2.45, 2.75) is 30.8 Å². The molecule has 0 fully saturated rings. The second kappa shape index (κ2) is 9.57. The number of benzene rings is 1. The van der Waals surface area contributed by atoms with Gasteiger partial charge in [-0.1, -0.05) is 23.2 Å². The maximum Gasteiger partial charge on any atom is 1.00 e. The zero-order valence-corrected chi connectivity index (χ0v) is 21.2. The molecule has 25 heteroatoms. The average molecular weight is 660 g/mol. The van der Waals surface area contributed by atoms with E-state index >= 15 is 0 Å². The van der Waals surface area contributed by atoms with Gasteiger partial charge in [-0.2, -0.15) is 35.1 Å². The summed E-state index contributed by atoms with van der Waals surface area (Å²) in [6.45, 7) is 0. The molecule has 0 bridgehead atoms. The van der Waals surface area contributed by atoms with E-state index in [4.69, 9.17) is 23.2 Å². The zero-order valence-electron chi connectivity index (χ0n) is 15.6. The molecule has 0 amide bonds. The average Bonchev–Trinajstić information content (AvgIpc) is 2.60. The standard InChI is InChI=1S/C10H3Cl3F8O9S4.Li/c11-3-1-2-4(31(22,23)8(16,17)10(20,21)34(28,29)30)6(5(3)12)32(24,25)7(14,15)9(18,19)33(13,26)27;/h1-2H,(H,28,29,30);/q;+1/p-1. The molecule has 0 aliphatic rings. The van der Waals surface area contributed by atoms with Crippen LogP contribution < -0.4 is 18.9 Å². The Bertz CT molecular complexity index is 1460. The van der Waals surface area contributed by atoms with Crippen LogP contribution in [0.25, 0.3) is 0 Å². The number of halogens is 11. The van der Waals surface area contributed by atoms with Gasteiger partial charge in [0.25, 0.3) is 19.7 Å². The van der Waals surface area contributed by atoms with Gasteiger partial charge < -0.3 is 4.55 Å². The van der Waals surface area contributed by atoms with Gasteiger partial charge in [0.1, 0.15) is 4.90 Å². The maximum atomic E-state index is 14.2. The Balaban J connectivity index is 0.0000116. The second-order valence-corrected chi connectivity index (χ2v) is 14.4. The molecule has 0 aliphatic carbocycles. The van der Waals surface area contributed by atoms with Crippen LogP contribution in [0.15, 0.2) is 21.9 Å². The molecular weight excluding hydrogens is 658 g/mol. The molecule has 198 valence electrons. The molecule has 0 saturated carbocycles.